The smallest absolute Gasteiger partial charge is 0.408 e. The van der Waals surface area contributed by atoms with Gasteiger partial charge in [-0.2, -0.15) is 8.42 Å². The van der Waals surface area contributed by atoms with Crippen LogP contribution in [0.1, 0.15) is 65.9 Å². The van der Waals surface area contributed by atoms with Gasteiger partial charge in [0.05, 0.1) is 30.1 Å². The van der Waals surface area contributed by atoms with E-state index < -0.39 is 39.7 Å². The molecule has 0 heterocycles. The zero-order valence-corrected chi connectivity index (χ0v) is 21.7. The van der Waals surface area contributed by atoms with Gasteiger partial charge in [0.1, 0.15) is 5.60 Å². The van der Waals surface area contributed by atoms with Crippen LogP contribution in [0.4, 0.5) is 4.79 Å². The molecule has 192 valence electrons. The van der Waals surface area contributed by atoms with E-state index in [1.807, 2.05) is 6.92 Å². The third kappa shape index (κ3) is 11.1. The van der Waals surface area contributed by atoms with Crippen molar-refractivity contribution in [1.82, 2.24) is 5.32 Å². The summed E-state index contributed by atoms with van der Waals surface area (Å²) in [4.78, 5) is 36.5. The van der Waals surface area contributed by atoms with Crippen LogP contribution in [0.3, 0.4) is 0 Å². The van der Waals surface area contributed by atoms with Crippen molar-refractivity contribution < 1.29 is 36.5 Å². The highest BCUT2D eigenvalue weighted by Gasteiger charge is 2.26. The number of ketones is 1. The number of rotatable bonds is 13. The number of carbonyl (C=O) groups excluding carboxylic acids is 3. The van der Waals surface area contributed by atoms with Gasteiger partial charge in [-0.25, -0.2) is 4.79 Å². The van der Waals surface area contributed by atoms with Crippen molar-refractivity contribution in [3.8, 4) is 0 Å². The van der Waals surface area contributed by atoms with E-state index in [0.29, 0.717) is 12.8 Å². The van der Waals surface area contributed by atoms with Crippen molar-refractivity contribution in [3.63, 3.8) is 0 Å². The summed E-state index contributed by atoms with van der Waals surface area (Å²) >= 11 is 0. The van der Waals surface area contributed by atoms with Crippen LogP contribution >= 0.6 is 0 Å². The van der Waals surface area contributed by atoms with E-state index in [1.165, 1.54) is 19.1 Å². The number of nitrogens with one attached hydrogen (secondary N) is 1. The second kappa shape index (κ2) is 13.4. The molecule has 2 unspecified atom stereocenters. The summed E-state index contributed by atoms with van der Waals surface area (Å²) in [7, 11) is -3.89. The number of Topliss-reactive ketones (excluding diaryl/α,β-unsaturated/α-hetero) is 1. The number of alkyl carbamates (subject to hydrolysis) is 1. The summed E-state index contributed by atoms with van der Waals surface area (Å²) in [6, 6.07) is 5.51. The van der Waals surface area contributed by atoms with E-state index in [9.17, 15) is 22.8 Å². The van der Waals surface area contributed by atoms with Crippen LogP contribution in [-0.4, -0.2) is 51.1 Å². The summed E-state index contributed by atoms with van der Waals surface area (Å²) in [6.45, 7) is 10.1. The molecule has 0 saturated heterocycles. The minimum atomic E-state index is -3.89. The number of ether oxygens (including phenoxy) is 2. The van der Waals surface area contributed by atoms with Crippen molar-refractivity contribution in [2.45, 2.75) is 83.8 Å². The molecule has 1 aromatic rings. The van der Waals surface area contributed by atoms with Crippen LogP contribution in [0.25, 0.3) is 0 Å². The SMILES string of the molecule is CCOC(=O)C(CCCOS(=O)(=O)c1ccc(C)cc1)CCC(NC(=O)OC(C)(C)C)C(C)=O. The first-order valence-electron chi connectivity index (χ1n) is 11.4. The van der Waals surface area contributed by atoms with Gasteiger partial charge in [0.25, 0.3) is 10.1 Å². The Balaban J connectivity index is 2.68. The number of esters is 1. The Labute approximate surface area is 202 Å². The molecular weight excluding hydrogens is 462 g/mol. The molecule has 1 rings (SSSR count). The number of aryl methyl sites for hydroxylation is 1. The van der Waals surface area contributed by atoms with Crippen LogP contribution in [0, 0.1) is 12.8 Å². The summed E-state index contributed by atoms with van der Waals surface area (Å²) in [5.41, 5.74) is 0.221. The Bertz CT molecular complexity index is 919. The van der Waals surface area contributed by atoms with E-state index in [-0.39, 0.29) is 36.7 Å². The number of hydrogen-bond acceptors (Lipinski definition) is 8. The van der Waals surface area contributed by atoms with Crippen LogP contribution in [0.15, 0.2) is 29.2 Å². The molecule has 10 heteroatoms. The highest BCUT2D eigenvalue weighted by atomic mass is 32.2. The second-order valence-corrected chi connectivity index (χ2v) is 10.7. The van der Waals surface area contributed by atoms with Crippen molar-refractivity contribution >= 4 is 28.0 Å². The van der Waals surface area contributed by atoms with E-state index in [1.54, 1.807) is 39.8 Å². The number of benzene rings is 1. The van der Waals surface area contributed by atoms with Crippen LogP contribution in [0.5, 0.6) is 0 Å². The van der Waals surface area contributed by atoms with Gasteiger partial charge < -0.3 is 14.8 Å². The average molecular weight is 500 g/mol. The normalized spacial score (nSPS) is 13.6. The molecule has 0 fully saturated rings. The molecule has 0 radical (unpaired) electrons. The van der Waals surface area contributed by atoms with Crippen molar-refractivity contribution in [3.05, 3.63) is 29.8 Å². The molecule has 1 N–H and O–H groups in total. The number of carbonyl (C=O) groups is 3. The molecule has 0 aromatic heterocycles. The summed E-state index contributed by atoms with van der Waals surface area (Å²) in [5.74, 6) is -1.28. The predicted octanol–water partition coefficient (Wildman–Crippen LogP) is 3.92. The number of amides is 1. The van der Waals surface area contributed by atoms with Gasteiger partial charge in [-0.1, -0.05) is 17.7 Å². The molecule has 0 aliphatic carbocycles. The topological polar surface area (TPSA) is 125 Å². The maximum absolute atomic E-state index is 12.4. The zero-order valence-electron chi connectivity index (χ0n) is 20.9. The third-order valence-electron chi connectivity index (χ3n) is 4.85. The van der Waals surface area contributed by atoms with E-state index in [0.717, 1.165) is 5.56 Å². The van der Waals surface area contributed by atoms with Gasteiger partial charge in [-0.3, -0.25) is 13.8 Å². The van der Waals surface area contributed by atoms with Crippen LogP contribution < -0.4 is 5.32 Å². The van der Waals surface area contributed by atoms with Gasteiger partial charge in [0.15, 0.2) is 5.78 Å². The Morgan fingerprint density at radius 1 is 1.03 bits per heavy atom. The number of hydrogen-bond donors (Lipinski definition) is 1. The molecule has 0 spiro atoms. The minimum Gasteiger partial charge on any atom is -0.466 e. The van der Waals surface area contributed by atoms with Crippen molar-refractivity contribution in [2.24, 2.45) is 5.92 Å². The first-order chi connectivity index (χ1) is 15.7. The highest BCUT2D eigenvalue weighted by Crippen LogP contribution is 2.20. The van der Waals surface area contributed by atoms with Crippen molar-refractivity contribution in [1.29, 1.82) is 0 Å². The molecule has 1 amide bonds. The molecule has 0 bridgehead atoms. The summed E-state index contributed by atoms with van der Waals surface area (Å²) < 4.78 is 40.1. The Kier molecular flexibility index (Phi) is 11.7. The fourth-order valence-electron chi connectivity index (χ4n) is 3.11. The molecule has 1 aromatic carbocycles. The maximum atomic E-state index is 12.4. The minimum absolute atomic E-state index is 0.0672. The fraction of sp³-hybridized carbons (Fsp3) is 0.625. The van der Waals surface area contributed by atoms with Crippen LogP contribution in [-0.2, 0) is 33.4 Å². The van der Waals surface area contributed by atoms with E-state index >= 15 is 0 Å². The standard InChI is InChI=1S/C24H37NO8S/c1-7-31-22(27)19(12-15-21(18(3)26)25-23(28)33-24(4,5)6)9-8-16-32-34(29,30)20-13-10-17(2)11-14-20/h10-11,13-14,19,21H,7-9,12,15-16H2,1-6H3,(H,25,28). The lowest BCUT2D eigenvalue weighted by atomic mass is 9.94. The summed E-state index contributed by atoms with van der Waals surface area (Å²) in [6.07, 6.45) is 0.359. The Morgan fingerprint density at radius 2 is 1.65 bits per heavy atom. The van der Waals surface area contributed by atoms with E-state index in [2.05, 4.69) is 5.32 Å². The molecule has 9 nitrogen and oxygen atoms in total. The Morgan fingerprint density at radius 3 is 2.18 bits per heavy atom. The quantitative estimate of drug-likeness (QED) is 0.246. The lowest BCUT2D eigenvalue weighted by Crippen LogP contribution is -2.43. The van der Waals surface area contributed by atoms with Crippen LogP contribution in [0.2, 0.25) is 0 Å². The molecule has 34 heavy (non-hydrogen) atoms. The predicted molar refractivity (Wildman–Crippen MR) is 127 cm³/mol. The van der Waals surface area contributed by atoms with Crippen molar-refractivity contribution in [2.75, 3.05) is 13.2 Å². The van der Waals surface area contributed by atoms with E-state index in [4.69, 9.17) is 13.7 Å². The molecule has 0 aliphatic heterocycles. The molecular formula is C24H37NO8S. The second-order valence-electron chi connectivity index (χ2n) is 9.07. The monoisotopic (exact) mass is 499 g/mol. The zero-order chi connectivity index (χ0) is 25.9. The first-order valence-corrected chi connectivity index (χ1v) is 12.8. The summed E-state index contributed by atoms with van der Waals surface area (Å²) in [5, 5.41) is 2.54. The Hall–Kier alpha value is -2.46. The molecule has 0 aliphatic rings. The lowest BCUT2D eigenvalue weighted by molar-refractivity contribution is -0.148. The van der Waals surface area contributed by atoms with Gasteiger partial charge in [0, 0.05) is 0 Å². The lowest BCUT2D eigenvalue weighted by Gasteiger charge is -2.23. The highest BCUT2D eigenvalue weighted by molar-refractivity contribution is 7.86. The van der Waals surface area contributed by atoms with Gasteiger partial charge in [-0.15, -0.1) is 0 Å². The van der Waals surface area contributed by atoms with Gasteiger partial charge in [0.2, 0.25) is 0 Å². The molecule has 2 atom stereocenters. The third-order valence-corrected chi connectivity index (χ3v) is 6.18. The fourth-order valence-corrected chi connectivity index (χ4v) is 4.05. The van der Waals surface area contributed by atoms with Gasteiger partial charge >= 0.3 is 12.1 Å². The molecule has 0 saturated carbocycles. The van der Waals surface area contributed by atoms with Gasteiger partial charge in [-0.05, 0) is 79.4 Å². The maximum Gasteiger partial charge on any atom is 0.408 e. The average Bonchev–Trinajstić information content (AvgIpc) is 2.71. The largest absolute Gasteiger partial charge is 0.466 e. The first kappa shape index (κ1) is 29.6.